The lowest BCUT2D eigenvalue weighted by Crippen LogP contribution is -2.16. The Morgan fingerprint density at radius 2 is 2.05 bits per heavy atom. The van der Waals surface area contributed by atoms with Gasteiger partial charge in [0.25, 0.3) is 0 Å². The van der Waals surface area contributed by atoms with Crippen molar-refractivity contribution in [3.05, 3.63) is 41.9 Å². The van der Waals surface area contributed by atoms with Crippen molar-refractivity contribution in [1.82, 2.24) is 19.6 Å². The molecule has 3 rings (SSSR count). The summed E-state index contributed by atoms with van der Waals surface area (Å²) < 4.78 is 3.63. The molecule has 2 aromatic heterocycles. The van der Waals surface area contributed by atoms with Crippen LogP contribution >= 0.6 is 0 Å². The molecule has 6 heteroatoms. The number of anilines is 1. The average Bonchev–Trinajstić information content (AvgIpc) is 3.02. The van der Waals surface area contributed by atoms with Crippen LogP contribution in [0.4, 0.5) is 5.69 Å². The number of para-hydroxylation sites is 1. The molecular formula is C16H19N5O. The van der Waals surface area contributed by atoms with Crippen molar-refractivity contribution in [2.75, 3.05) is 5.32 Å². The summed E-state index contributed by atoms with van der Waals surface area (Å²) in [6.45, 7) is 4.39. The first kappa shape index (κ1) is 14.3. The van der Waals surface area contributed by atoms with Crippen molar-refractivity contribution in [2.45, 2.75) is 26.8 Å². The van der Waals surface area contributed by atoms with Gasteiger partial charge in [0.2, 0.25) is 5.91 Å². The van der Waals surface area contributed by atoms with Crippen molar-refractivity contribution >= 4 is 22.5 Å². The smallest absolute Gasteiger partial charge is 0.226 e. The number of rotatable bonds is 4. The van der Waals surface area contributed by atoms with E-state index in [0.29, 0.717) is 13.0 Å². The van der Waals surface area contributed by atoms with Crippen LogP contribution in [0.15, 0.2) is 30.5 Å². The van der Waals surface area contributed by atoms with Crippen LogP contribution in [0.2, 0.25) is 0 Å². The molecule has 1 amide bonds. The number of fused-ring (bicyclic) bond motifs is 1. The van der Waals surface area contributed by atoms with Gasteiger partial charge in [0.1, 0.15) is 0 Å². The van der Waals surface area contributed by atoms with Gasteiger partial charge < -0.3 is 5.32 Å². The number of carbonyl (C=O) groups excluding carboxylic acids is 1. The van der Waals surface area contributed by atoms with Gasteiger partial charge in [0.15, 0.2) is 0 Å². The first-order chi connectivity index (χ1) is 10.6. The van der Waals surface area contributed by atoms with E-state index < -0.39 is 0 Å². The molecule has 0 aliphatic carbocycles. The van der Waals surface area contributed by atoms with Crippen molar-refractivity contribution < 1.29 is 4.79 Å². The van der Waals surface area contributed by atoms with E-state index in [1.165, 1.54) is 0 Å². The van der Waals surface area contributed by atoms with Gasteiger partial charge in [0.05, 0.1) is 35.3 Å². The van der Waals surface area contributed by atoms with Crippen molar-refractivity contribution in [3.63, 3.8) is 0 Å². The molecule has 0 bridgehead atoms. The van der Waals surface area contributed by atoms with E-state index in [4.69, 9.17) is 0 Å². The Balaban J connectivity index is 1.68. The lowest BCUT2D eigenvalue weighted by molar-refractivity contribution is -0.116. The summed E-state index contributed by atoms with van der Waals surface area (Å²) in [7, 11) is 1.87. The quantitative estimate of drug-likeness (QED) is 0.804. The van der Waals surface area contributed by atoms with Gasteiger partial charge in [-0.2, -0.15) is 10.2 Å². The second-order valence-corrected chi connectivity index (χ2v) is 5.39. The highest BCUT2D eigenvalue weighted by atomic mass is 16.1. The fourth-order valence-electron chi connectivity index (χ4n) is 2.57. The lowest BCUT2D eigenvalue weighted by atomic mass is 10.2. The SMILES string of the molecule is Cc1nn(C)c(C)c1NC(=O)CCn1ncc2ccccc21. The molecule has 6 nitrogen and oxygen atoms in total. The van der Waals surface area contributed by atoms with Crippen LogP contribution in [0.5, 0.6) is 0 Å². The summed E-state index contributed by atoms with van der Waals surface area (Å²) in [6.07, 6.45) is 2.20. The van der Waals surface area contributed by atoms with Gasteiger partial charge in [0, 0.05) is 18.9 Å². The van der Waals surface area contributed by atoms with Crippen molar-refractivity contribution in [2.24, 2.45) is 7.05 Å². The number of carbonyl (C=O) groups is 1. The maximum atomic E-state index is 12.2. The summed E-state index contributed by atoms with van der Waals surface area (Å²) in [5.74, 6) is -0.0289. The Hall–Kier alpha value is -2.63. The van der Waals surface area contributed by atoms with Gasteiger partial charge in [-0.05, 0) is 19.9 Å². The Labute approximate surface area is 128 Å². The third-order valence-electron chi connectivity index (χ3n) is 3.88. The highest BCUT2D eigenvalue weighted by Gasteiger charge is 2.12. The van der Waals surface area contributed by atoms with E-state index in [0.717, 1.165) is 28.0 Å². The summed E-state index contributed by atoms with van der Waals surface area (Å²) in [6, 6.07) is 7.98. The first-order valence-electron chi connectivity index (χ1n) is 7.27. The molecule has 0 atom stereocenters. The van der Waals surface area contributed by atoms with Crippen LogP contribution in [0.1, 0.15) is 17.8 Å². The van der Waals surface area contributed by atoms with Crippen LogP contribution < -0.4 is 5.32 Å². The molecule has 0 saturated heterocycles. The van der Waals surface area contributed by atoms with Gasteiger partial charge in [-0.1, -0.05) is 18.2 Å². The minimum Gasteiger partial charge on any atom is -0.323 e. The average molecular weight is 297 g/mol. The number of aryl methyl sites for hydroxylation is 3. The third-order valence-corrected chi connectivity index (χ3v) is 3.88. The standard InChI is InChI=1S/C16H19N5O/c1-11-16(12(2)20(3)19-11)18-15(22)8-9-21-14-7-5-4-6-13(14)10-17-21/h4-7,10H,8-9H2,1-3H3,(H,18,22). The zero-order valence-corrected chi connectivity index (χ0v) is 13.0. The number of hydrogen-bond acceptors (Lipinski definition) is 3. The molecular weight excluding hydrogens is 278 g/mol. The zero-order valence-electron chi connectivity index (χ0n) is 13.0. The second kappa shape index (κ2) is 5.63. The van der Waals surface area contributed by atoms with Crippen LogP contribution in [-0.4, -0.2) is 25.5 Å². The van der Waals surface area contributed by atoms with Crippen LogP contribution in [-0.2, 0) is 18.4 Å². The zero-order chi connectivity index (χ0) is 15.7. The Morgan fingerprint density at radius 1 is 1.27 bits per heavy atom. The van der Waals surface area contributed by atoms with Crippen LogP contribution in [0.3, 0.4) is 0 Å². The largest absolute Gasteiger partial charge is 0.323 e. The molecule has 0 aliphatic heterocycles. The molecule has 0 radical (unpaired) electrons. The number of hydrogen-bond donors (Lipinski definition) is 1. The maximum Gasteiger partial charge on any atom is 0.226 e. The topological polar surface area (TPSA) is 64.7 Å². The Kier molecular flexibility index (Phi) is 3.66. The fourth-order valence-corrected chi connectivity index (χ4v) is 2.57. The molecule has 0 unspecified atom stereocenters. The minimum absolute atomic E-state index is 0.0289. The van der Waals surface area contributed by atoms with Crippen molar-refractivity contribution in [3.8, 4) is 0 Å². The summed E-state index contributed by atoms with van der Waals surface area (Å²) in [4.78, 5) is 12.2. The Morgan fingerprint density at radius 3 is 2.77 bits per heavy atom. The van der Waals surface area contributed by atoms with Gasteiger partial charge in [-0.25, -0.2) is 0 Å². The van der Waals surface area contributed by atoms with Crippen molar-refractivity contribution in [1.29, 1.82) is 0 Å². The van der Waals surface area contributed by atoms with E-state index in [9.17, 15) is 4.79 Å². The van der Waals surface area contributed by atoms with E-state index >= 15 is 0 Å². The predicted octanol–water partition coefficient (Wildman–Crippen LogP) is 2.42. The number of benzene rings is 1. The molecule has 3 aromatic rings. The van der Waals surface area contributed by atoms with E-state index in [1.54, 1.807) is 4.68 Å². The number of nitrogens with one attached hydrogen (secondary N) is 1. The molecule has 2 heterocycles. The lowest BCUT2D eigenvalue weighted by Gasteiger charge is -2.06. The molecule has 1 aromatic carbocycles. The molecule has 0 fully saturated rings. The summed E-state index contributed by atoms with van der Waals surface area (Å²) in [5.41, 5.74) is 3.63. The van der Waals surface area contributed by atoms with Gasteiger partial charge >= 0.3 is 0 Å². The number of amides is 1. The maximum absolute atomic E-state index is 12.2. The molecule has 0 saturated carbocycles. The Bertz CT molecular complexity index is 830. The molecule has 1 N–H and O–H groups in total. The highest BCUT2D eigenvalue weighted by molar-refractivity contribution is 5.92. The molecule has 22 heavy (non-hydrogen) atoms. The molecule has 114 valence electrons. The second-order valence-electron chi connectivity index (χ2n) is 5.39. The molecule has 0 spiro atoms. The van der Waals surface area contributed by atoms with E-state index in [2.05, 4.69) is 15.5 Å². The predicted molar refractivity (Wildman–Crippen MR) is 85.7 cm³/mol. The molecule has 0 aliphatic rings. The summed E-state index contributed by atoms with van der Waals surface area (Å²) >= 11 is 0. The summed E-state index contributed by atoms with van der Waals surface area (Å²) in [5, 5.41) is 12.7. The third kappa shape index (κ3) is 2.59. The monoisotopic (exact) mass is 297 g/mol. The van der Waals surface area contributed by atoms with E-state index in [-0.39, 0.29) is 5.91 Å². The number of aromatic nitrogens is 4. The van der Waals surface area contributed by atoms with Gasteiger partial charge in [-0.3, -0.25) is 14.2 Å². The highest BCUT2D eigenvalue weighted by Crippen LogP contribution is 2.19. The first-order valence-corrected chi connectivity index (χ1v) is 7.27. The van der Waals surface area contributed by atoms with Crippen LogP contribution in [0, 0.1) is 13.8 Å². The van der Waals surface area contributed by atoms with Crippen LogP contribution in [0.25, 0.3) is 10.9 Å². The van der Waals surface area contributed by atoms with E-state index in [1.807, 2.05) is 56.0 Å². The minimum atomic E-state index is -0.0289. The van der Waals surface area contributed by atoms with Gasteiger partial charge in [-0.15, -0.1) is 0 Å². The number of nitrogens with zero attached hydrogens (tertiary/aromatic N) is 4. The normalized spacial score (nSPS) is 11.0. The fraction of sp³-hybridized carbons (Fsp3) is 0.312.